The van der Waals surface area contributed by atoms with Gasteiger partial charge < -0.3 is 10.2 Å². The van der Waals surface area contributed by atoms with Gasteiger partial charge in [-0.3, -0.25) is 4.98 Å². The molecular weight excluding hydrogens is 248 g/mol. The minimum Gasteiger partial charge on any atom is -0.383 e. The maximum atomic E-state index is 9.23. The van der Waals surface area contributed by atoms with Crippen LogP contribution in [0.4, 0.5) is 5.69 Å². The zero-order chi connectivity index (χ0) is 14.5. The molecule has 0 saturated carbocycles. The third kappa shape index (κ3) is 3.71. The van der Waals surface area contributed by atoms with E-state index in [1.54, 1.807) is 0 Å². The summed E-state index contributed by atoms with van der Waals surface area (Å²) in [6, 6.07) is 4.21. The molecule has 4 heteroatoms. The number of nitrogens with one attached hydrogen (secondary N) is 1. The molecule has 1 aliphatic heterocycles. The van der Waals surface area contributed by atoms with Gasteiger partial charge >= 0.3 is 0 Å². The smallest absolute Gasteiger partial charge is 0.103 e. The molecule has 2 heterocycles. The molecule has 1 atom stereocenters. The Bertz CT molecular complexity index is 504. The number of aryl methyl sites for hydroxylation is 2. The number of hydrogen-bond acceptors (Lipinski definition) is 4. The molecule has 2 rings (SSSR count). The number of nitrogens with zero attached hydrogens (tertiary/aromatic N) is 3. The summed E-state index contributed by atoms with van der Waals surface area (Å²) in [5.41, 5.74) is 3.35. The molecule has 0 spiro atoms. The molecule has 4 nitrogen and oxygen atoms in total. The minimum absolute atomic E-state index is 0.669. The summed E-state index contributed by atoms with van der Waals surface area (Å²) in [6.07, 6.45) is 2.66. The van der Waals surface area contributed by atoms with Crippen molar-refractivity contribution in [2.45, 2.75) is 33.6 Å². The van der Waals surface area contributed by atoms with E-state index in [1.807, 2.05) is 19.9 Å². The largest absolute Gasteiger partial charge is 0.383 e. The van der Waals surface area contributed by atoms with E-state index in [0.29, 0.717) is 5.56 Å². The molecule has 1 saturated heterocycles. The van der Waals surface area contributed by atoms with Crippen LogP contribution in [-0.4, -0.2) is 36.1 Å². The average molecular weight is 272 g/mol. The molecule has 0 bridgehead atoms. The van der Waals surface area contributed by atoms with Crippen LogP contribution in [0, 0.1) is 31.1 Å². The highest BCUT2D eigenvalue weighted by molar-refractivity contribution is 5.59. The molecule has 1 fully saturated rings. The van der Waals surface area contributed by atoms with Crippen molar-refractivity contribution in [3.63, 3.8) is 0 Å². The summed E-state index contributed by atoms with van der Waals surface area (Å²) in [7, 11) is 0. The Hall–Kier alpha value is -1.60. The first kappa shape index (κ1) is 14.8. The lowest BCUT2D eigenvalue weighted by Crippen LogP contribution is -2.37. The second-order valence-electron chi connectivity index (χ2n) is 5.86. The van der Waals surface area contributed by atoms with Gasteiger partial charge in [-0.2, -0.15) is 5.26 Å². The van der Waals surface area contributed by atoms with E-state index in [9.17, 15) is 5.26 Å². The number of nitriles is 1. The SMILES string of the molecule is Cc1cc(NCCN2CCCC(C)C2)c(C#N)c(C)n1. The monoisotopic (exact) mass is 272 g/mol. The molecule has 0 aliphatic carbocycles. The molecule has 0 aromatic carbocycles. The molecule has 0 radical (unpaired) electrons. The summed E-state index contributed by atoms with van der Waals surface area (Å²) in [5.74, 6) is 0.809. The second-order valence-corrected chi connectivity index (χ2v) is 5.86. The Morgan fingerprint density at radius 2 is 2.30 bits per heavy atom. The van der Waals surface area contributed by atoms with Crippen LogP contribution in [0.25, 0.3) is 0 Å². The highest BCUT2D eigenvalue weighted by atomic mass is 15.1. The van der Waals surface area contributed by atoms with Gasteiger partial charge in [0.25, 0.3) is 0 Å². The molecule has 108 valence electrons. The molecule has 1 aliphatic rings. The van der Waals surface area contributed by atoms with Gasteiger partial charge in [-0.25, -0.2) is 0 Å². The zero-order valence-electron chi connectivity index (χ0n) is 12.7. The fourth-order valence-electron chi connectivity index (χ4n) is 2.95. The second kappa shape index (κ2) is 6.71. The Kier molecular flexibility index (Phi) is 4.97. The lowest BCUT2D eigenvalue weighted by atomic mass is 10.0. The average Bonchev–Trinajstić information content (AvgIpc) is 2.38. The molecular formula is C16H24N4. The van der Waals surface area contributed by atoms with Crippen LogP contribution >= 0.6 is 0 Å². The first-order valence-electron chi connectivity index (χ1n) is 7.44. The highest BCUT2D eigenvalue weighted by Crippen LogP contribution is 2.19. The number of pyridine rings is 1. The number of rotatable bonds is 4. The van der Waals surface area contributed by atoms with Gasteiger partial charge in [0.1, 0.15) is 6.07 Å². The quantitative estimate of drug-likeness (QED) is 0.915. The van der Waals surface area contributed by atoms with Crippen LogP contribution in [0.5, 0.6) is 0 Å². The molecule has 20 heavy (non-hydrogen) atoms. The van der Waals surface area contributed by atoms with Crippen molar-refractivity contribution in [3.8, 4) is 6.07 Å². The number of likely N-dealkylation sites (tertiary alicyclic amines) is 1. The van der Waals surface area contributed by atoms with Crippen LogP contribution in [0.1, 0.15) is 36.7 Å². The van der Waals surface area contributed by atoms with E-state index in [0.717, 1.165) is 36.1 Å². The van der Waals surface area contributed by atoms with Crippen LogP contribution in [0.2, 0.25) is 0 Å². The Balaban J connectivity index is 1.92. The third-order valence-electron chi connectivity index (χ3n) is 3.92. The molecule has 1 unspecified atom stereocenters. The van der Waals surface area contributed by atoms with Crippen molar-refractivity contribution < 1.29 is 0 Å². The van der Waals surface area contributed by atoms with Crippen molar-refractivity contribution >= 4 is 5.69 Å². The van der Waals surface area contributed by atoms with Gasteiger partial charge in [-0.05, 0) is 45.2 Å². The topological polar surface area (TPSA) is 52.0 Å². The van der Waals surface area contributed by atoms with Crippen molar-refractivity contribution in [1.82, 2.24) is 9.88 Å². The Labute approximate surface area is 121 Å². The first-order valence-corrected chi connectivity index (χ1v) is 7.44. The maximum Gasteiger partial charge on any atom is 0.103 e. The van der Waals surface area contributed by atoms with Crippen molar-refractivity contribution in [3.05, 3.63) is 23.0 Å². The van der Waals surface area contributed by atoms with Gasteiger partial charge in [0.15, 0.2) is 0 Å². The first-order chi connectivity index (χ1) is 9.60. The molecule has 1 aromatic rings. The molecule has 1 N–H and O–H groups in total. The number of hydrogen-bond donors (Lipinski definition) is 1. The third-order valence-corrected chi connectivity index (χ3v) is 3.92. The summed E-state index contributed by atoms with van der Waals surface area (Å²) in [4.78, 5) is 6.85. The molecule has 0 amide bonds. The summed E-state index contributed by atoms with van der Waals surface area (Å²) in [5, 5.41) is 12.6. The van der Waals surface area contributed by atoms with Gasteiger partial charge in [0.2, 0.25) is 0 Å². The maximum absolute atomic E-state index is 9.23. The lowest BCUT2D eigenvalue weighted by Gasteiger charge is -2.30. The number of aromatic nitrogens is 1. The van der Waals surface area contributed by atoms with Crippen molar-refractivity contribution in [1.29, 1.82) is 5.26 Å². The Morgan fingerprint density at radius 1 is 1.50 bits per heavy atom. The van der Waals surface area contributed by atoms with E-state index < -0.39 is 0 Å². The lowest BCUT2D eigenvalue weighted by molar-refractivity contribution is 0.190. The normalized spacial score (nSPS) is 19.6. The summed E-state index contributed by atoms with van der Waals surface area (Å²) < 4.78 is 0. The van der Waals surface area contributed by atoms with Gasteiger partial charge in [-0.15, -0.1) is 0 Å². The predicted molar refractivity (Wildman–Crippen MR) is 81.8 cm³/mol. The van der Waals surface area contributed by atoms with E-state index in [2.05, 4.69) is 28.2 Å². The van der Waals surface area contributed by atoms with E-state index >= 15 is 0 Å². The van der Waals surface area contributed by atoms with Crippen molar-refractivity contribution in [2.75, 3.05) is 31.5 Å². The summed E-state index contributed by atoms with van der Waals surface area (Å²) in [6.45, 7) is 10.5. The van der Waals surface area contributed by atoms with E-state index in [4.69, 9.17) is 0 Å². The predicted octanol–water partition coefficient (Wildman–Crippen LogP) is 2.71. The standard InChI is InChI=1S/C16H24N4/c1-12-5-4-7-20(11-12)8-6-18-16-9-13(2)19-14(3)15(16)10-17/h9,12H,4-8,11H2,1-3H3,(H,18,19). The fourth-order valence-corrected chi connectivity index (χ4v) is 2.95. The van der Waals surface area contributed by atoms with Gasteiger partial charge in [-0.1, -0.05) is 6.92 Å². The van der Waals surface area contributed by atoms with Crippen LogP contribution < -0.4 is 5.32 Å². The number of piperidine rings is 1. The van der Waals surface area contributed by atoms with Crippen LogP contribution in [0.3, 0.4) is 0 Å². The zero-order valence-corrected chi connectivity index (χ0v) is 12.7. The molecule has 1 aromatic heterocycles. The highest BCUT2D eigenvalue weighted by Gasteiger charge is 2.15. The van der Waals surface area contributed by atoms with E-state index in [-0.39, 0.29) is 0 Å². The fraction of sp³-hybridized carbons (Fsp3) is 0.625. The number of anilines is 1. The van der Waals surface area contributed by atoms with Crippen LogP contribution in [0.15, 0.2) is 6.07 Å². The van der Waals surface area contributed by atoms with E-state index in [1.165, 1.54) is 25.9 Å². The van der Waals surface area contributed by atoms with Gasteiger partial charge in [0, 0.05) is 25.3 Å². The summed E-state index contributed by atoms with van der Waals surface area (Å²) >= 11 is 0. The minimum atomic E-state index is 0.669. The Morgan fingerprint density at radius 3 is 3.00 bits per heavy atom. The van der Waals surface area contributed by atoms with Crippen LogP contribution in [-0.2, 0) is 0 Å². The van der Waals surface area contributed by atoms with Crippen molar-refractivity contribution in [2.24, 2.45) is 5.92 Å². The van der Waals surface area contributed by atoms with Gasteiger partial charge in [0.05, 0.1) is 16.9 Å².